The lowest BCUT2D eigenvalue weighted by molar-refractivity contribution is -0.119. The van der Waals surface area contributed by atoms with Gasteiger partial charge in [-0.2, -0.15) is 11.8 Å². The SMILES string of the molecule is CSCCOCC1CNCC(C)(C)O1. The number of nitrogens with one attached hydrogen (secondary N) is 1. The number of ether oxygens (including phenoxy) is 2. The second-order valence-corrected chi connectivity index (χ2v) is 5.18. The van der Waals surface area contributed by atoms with Crippen LogP contribution in [0.4, 0.5) is 0 Å². The molecule has 0 aromatic carbocycles. The van der Waals surface area contributed by atoms with Crippen LogP contribution in [0.3, 0.4) is 0 Å². The van der Waals surface area contributed by atoms with Gasteiger partial charge in [-0.3, -0.25) is 0 Å². The van der Waals surface area contributed by atoms with Crippen molar-refractivity contribution in [2.45, 2.75) is 25.6 Å². The van der Waals surface area contributed by atoms with E-state index in [4.69, 9.17) is 9.47 Å². The fraction of sp³-hybridized carbons (Fsp3) is 1.00. The van der Waals surface area contributed by atoms with Gasteiger partial charge < -0.3 is 14.8 Å². The maximum absolute atomic E-state index is 5.86. The second kappa shape index (κ2) is 5.95. The van der Waals surface area contributed by atoms with Gasteiger partial charge in [0.15, 0.2) is 0 Å². The Hall–Kier alpha value is 0.230. The zero-order valence-electron chi connectivity index (χ0n) is 9.34. The Kier molecular flexibility index (Phi) is 5.23. The molecule has 0 bridgehead atoms. The van der Waals surface area contributed by atoms with E-state index in [9.17, 15) is 0 Å². The molecule has 1 aliphatic rings. The molecule has 4 heteroatoms. The Morgan fingerprint density at radius 3 is 3.00 bits per heavy atom. The summed E-state index contributed by atoms with van der Waals surface area (Å²) in [6.45, 7) is 7.57. The molecular formula is C10H21NO2S. The summed E-state index contributed by atoms with van der Waals surface area (Å²) in [5, 5.41) is 3.36. The van der Waals surface area contributed by atoms with E-state index < -0.39 is 0 Å². The molecule has 0 spiro atoms. The van der Waals surface area contributed by atoms with Crippen LogP contribution >= 0.6 is 11.8 Å². The van der Waals surface area contributed by atoms with Gasteiger partial charge in [0, 0.05) is 18.8 Å². The highest BCUT2D eigenvalue weighted by Crippen LogP contribution is 2.15. The van der Waals surface area contributed by atoms with Gasteiger partial charge in [0.1, 0.15) is 0 Å². The van der Waals surface area contributed by atoms with Crippen molar-refractivity contribution in [2.75, 3.05) is 38.3 Å². The topological polar surface area (TPSA) is 30.5 Å². The largest absolute Gasteiger partial charge is 0.378 e. The number of morpholine rings is 1. The summed E-state index contributed by atoms with van der Waals surface area (Å²) in [6.07, 6.45) is 2.30. The number of thioether (sulfide) groups is 1. The molecule has 0 radical (unpaired) electrons. The first-order valence-electron chi connectivity index (χ1n) is 5.09. The van der Waals surface area contributed by atoms with Crippen LogP contribution in [0.25, 0.3) is 0 Å². The molecule has 84 valence electrons. The monoisotopic (exact) mass is 219 g/mol. The molecule has 1 atom stereocenters. The van der Waals surface area contributed by atoms with Crippen LogP contribution in [0.1, 0.15) is 13.8 Å². The molecule has 1 saturated heterocycles. The lowest BCUT2D eigenvalue weighted by Gasteiger charge is -2.36. The number of rotatable bonds is 5. The summed E-state index contributed by atoms with van der Waals surface area (Å²) in [4.78, 5) is 0. The lowest BCUT2D eigenvalue weighted by atomic mass is 10.1. The first kappa shape index (κ1) is 12.3. The van der Waals surface area contributed by atoms with Crippen molar-refractivity contribution >= 4 is 11.8 Å². The second-order valence-electron chi connectivity index (χ2n) is 4.20. The van der Waals surface area contributed by atoms with E-state index in [0.717, 1.165) is 25.4 Å². The Bertz CT molecular complexity index is 164. The van der Waals surface area contributed by atoms with Gasteiger partial charge in [-0.25, -0.2) is 0 Å². The van der Waals surface area contributed by atoms with Crippen LogP contribution in [0.15, 0.2) is 0 Å². The molecule has 1 rings (SSSR count). The smallest absolute Gasteiger partial charge is 0.0940 e. The molecular weight excluding hydrogens is 198 g/mol. The van der Waals surface area contributed by atoms with E-state index >= 15 is 0 Å². The van der Waals surface area contributed by atoms with Gasteiger partial charge >= 0.3 is 0 Å². The standard InChI is InChI=1S/C10H21NO2S/c1-10(2)8-11-6-9(13-10)7-12-4-5-14-3/h9,11H,4-8H2,1-3H3. The van der Waals surface area contributed by atoms with E-state index in [-0.39, 0.29) is 11.7 Å². The lowest BCUT2D eigenvalue weighted by Crippen LogP contribution is -2.51. The molecule has 14 heavy (non-hydrogen) atoms. The van der Waals surface area contributed by atoms with Gasteiger partial charge in [0.2, 0.25) is 0 Å². The number of hydrogen-bond acceptors (Lipinski definition) is 4. The molecule has 1 heterocycles. The van der Waals surface area contributed by atoms with Crippen molar-refractivity contribution in [1.29, 1.82) is 0 Å². The van der Waals surface area contributed by atoms with Crippen LogP contribution in [-0.4, -0.2) is 50.0 Å². The normalized spacial score (nSPS) is 26.4. The zero-order valence-corrected chi connectivity index (χ0v) is 10.2. The fourth-order valence-electron chi connectivity index (χ4n) is 1.52. The molecule has 1 aliphatic heterocycles. The molecule has 1 N–H and O–H groups in total. The quantitative estimate of drug-likeness (QED) is 0.702. The first-order chi connectivity index (χ1) is 6.64. The Labute approximate surface area is 90.9 Å². The average Bonchev–Trinajstić information content (AvgIpc) is 2.11. The molecule has 1 unspecified atom stereocenters. The summed E-state index contributed by atoms with van der Waals surface area (Å²) in [5.41, 5.74) is -0.0498. The van der Waals surface area contributed by atoms with E-state index in [1.807, 2.05) is 0 Å². The third-order valence-corrected chi connectivity index (χ3v) is 2.72. The van der Waals surface area contributed by atoms with Crippen molar-refractivity contribution in [3.8, 4) is 0 Å². The van der Waals surface area contributed by atoms with Crippen molar-refractivity contribution in [1.82, 2.24) is 5.32 Å². The first-order valence-corrected chi connectivity index (χ1v) is 6.49. The van der Waals surface area contributed by atoms with Gasteiger partial charge in [-0.15, -0.1) is 0 Å². The molecule has 0 aromatic rings. The molecule has 0 amide bonds. The van der Waals surface area contributed by atoms with Crippen molar-refractivity contribution in [3.63, 3.8) is 0 Å². The maximum Gasteiger partial charge on any atom is 0.0940 e. The van der Waals surface area contributed by atoms with Crippen molar-refractivity contribution in [2.24, 2.45) is 0 Å². The summed E-state index contributed by atoms with van der Waals surface area (Å²) >= 11 is 1.81. The van der Waals surface area contributed by atoms with E-state index in [1.54, 1.807) is 11.8 Å². The van der Waals surface area contributed by atoms with Gasteiger partial charge in [0.05, 0.1) is 24.9 Å². The minimum atomic E-state index is -0.0498. The highest BCUT2D eigenvalue weighted by molar-refractivity contribution is 7.98. The zero-order chi connectivity index (χ0) is 10.4. The Balaban J connectivity index is 2.12. The van der Waals surface area contributed by atoms with Gasteiger partial charge in [-0.1, -0.05) is 0 Å². The van der Waals surface area contributed by atoms with Crippen LogP contribution in [0.2, 0.25) is 0 Å². The molecule has 0 aliphatic carbocycles. The average molecular weight is 219 g/mol. The molecule has 0 saturated carbocycles. The Morgan fingerprint density at radius 2 is 2.36 bits per heavy atom. The van der Waals surface area contributed by atoms with E-state index in [2.05, 4.69) is 25.4 Å². The van der Waals surface area contributed by atoms with Crippen LogP contribution in [0.5, 0.6) is 0 Å². The summed E-state index contributed by atoms with van der Waals surface area (Å²) < 4.78 is 11.4. The fourth-order valence-corrected chi connectivity index (χ4v) is 1.80. The Morgan fingerprint density at radius 1 is 1.57 bits per heavy atom. The third kappa shape index (κ3) is 4.64. The molecule has 1 fully saturated rings. The highest BCUT2D eigenvalue weighted by Gasteiger charge is 2.28. The molecule has 0 aromatic heterocycles. The summed E-state index contributed by atoms with van der Waals surface area (Å²) in [6, 6.07) is 0. The van der Waals surface area contributed by atoms with Crippen LogP contribution < -0.4 is 5.32 Å². The molecule has 3 nitrogen and oxygen atoms in total. The predicted octanol–water partition coefficient (Wildman–Crippen LogP) is 1.13. The summed E-state index contributed by atoms with van der Waals surface area (Å²) in [7, 11) is 0. The minimum Gasteiger partial charge on any atom is -0.378 e. The number of hydrogen-bond donors (Lipinski definition) is 1. The van der Waals surface area contributed by atoms with Gasteiger partial charge in [0.25, 0.3) is 0 Å². The summed E-state index contributed by atoms with van der Waals surface area (Å²) in [5.74, 6) is 1.06. The maximum atomic E-state index is 5.86. The van der Waals surface area contributed by atoms with Crippen LogP contribution in [-0.2, 0) is 9.47 Å². The predicted molar refractivity (Wildman–Crippen MR) is 61.0 cm³/mol. The van der Waals surface area contributed by atoms with E-state index in [0.29, 0.717) is 6.61 Å². The van der Waals surface area contributed by atoms with E-state index in [1.165, 1.54) is 0 Å². The third-order valence-electron chi connectivity index (χ3n) is 2.14. The van der Waals surface area contributed by atoms with Gasteiger partial charge in [-0.05, 0) is 20.1 Å². The van der Waals surface area contributed by atoms with Crippen molar-refractivity contribution in [3.05, 3.63) is 0 Å². The van der Waals surface area contributed by atoms with Crippen LogP contribution in [0, 0.1) is 0 Å². The highest BCUT2D eigenvalue weighted by atomic mass is 32.2. The minimum absolute atomic E-state index is 0.0498. The van der Waals surface area contributed by atoms with Crippen molar-refractivity contribution < 1.29 is 9.47 Å².